The molecule has 0 rings (SSSR count). The third-order valence-corrected chi connectivity index (χ3v) is 5.17. The van der Waals surface area contributed by atoms with Crippen molar-refractivity contribution in [2.75, 3.05) is 0 Å². The molecule has 0 saturated heterocycles. The molecular weight excluding hydrogens is 159 g/mol. The van der Waals surface area contributed by atoms with Gasteiger partial charge in [0.25, 0.3) is 0 Å². The van der Waals surface area contributed by atoms with Gasteiger partial charge in [0.2, 0.25) is 0 Å². The number of hydrogen-bond donors (Lipinski definition) is 0. The van der Waals surface area contributed by atoms with Gasteiger partial charge in [0, 0.05) is 0 Å². The minimum atomic E-state index is -1.11. The molecule has 52 valence electrons. The van der Waals surface area contributed by atoms with E-state index in [1.54, 1.807) is 5.21 Å². The van der Waals surface area contributed by atoms with E-state index in [1.807, 2.05) is 0 Å². The van der Waals surface area contributed by atoms with Crippen molar-refractivity contribution in [3.05, 3.63) is 0 Å². The molecule has 0 aromatic heterocycles. The first-order valence-corrected chi connectivity index (χ1v) is 11.3. The van der Waals surface area contributed by atoms with Crippen molar-refractivity contribution < 1.29 is 0 Å². The van der Waals surface area contributed by atoms with Crippen molar-refractivity contribution >= 4 is 13.6 Å². The second-order valence-corrected chi connectivity index (χ2v) is 15.5. The Morgan fingerprint density at radius 3 is 1.75 bits per heavy atom. The zero-order valence-electron chi connectivity index (χ0n) is 6.62. The summed E-state index contributed by atoms with van der Waals surface area (Å²) in [5, 5.41) is 1.55. The second kappa shape index (κ2) is 3.56. The van der Waals surface area contributed by atoms with Crippen LogP contribution in [0.25, 0.3) is 0 Å². The Morgan fingerprint density at radius 2 is 1.62 bits per heavy atom. The van der Waals surface area contributed by atoms with Gasteiger partial charge in [-0.1, -0.05) is 0 Å². The van der Waals surface area contributed by atoms with Gasteiger partial charge in [-0.25, -0.2) is 0 Å². The number of hydrogen-bond acceptors (Lipinski definition) is 0. The molecule has 0 atom stereocenters. The van der Waals surface area contributed by atoms with Crippen molar-refractivity contribution in [2.45, 2.75) is 42.1 Å². The van der Waals surface area contributed by atoms with Crippen LogP contribution >= 0.6 is 0 Å². The maximum atomic E-state index is 2.48. The fraction of sp³-hybridized carbons (Fsp3) is 1.00. The molecule has 0 bridgehead atoms. The number of rotatable bonds is 3. The summed E-state index contributed by atoms with van der Waals surface area (Å²) in [6, 6.07) is 0. The molecule has 0 nitrogen and oxygen atoms in total. The van der Waals surface area contributed by atoms with E-state index >= 15 is 0 Å². The molecule has 1 heteroatoms. The predicted molar refractivity (Wildman–Crippen MR) is 44.5 cm³/mol. The molecule has 0 N–H and O–H groups in total. The summed E-state index contributed by atoms with van der Waals surface area (Å²) in [5.41, 5.74) is 7.45. The molecule has 8 heavy (non-hydrogen) atoms. The molecular formula is C7H19As. The van der Waals surface area contributed by atoms with Crippen LogP contribution in [0.3, 0.4) is 0 Å². The molecule has 0 heterocycles. The first-order chi connectivity index (χ1) is 3.56. The van der Waals surface area contributed by atoms with Gasteiger partial charge in [-0.05, 0) is 0 Å². The average molecular weight is 178 g/mol. The van der Waals surface area contributed by atoms with E-state index in [1.165, 1.54) is 12.8 Å². The van der Waals surface area contributed by atoms with E-state index in [2.05, 4.69) is 24.1 Å². The molecule has 0 aromatic carbocycles. The van der Waals surface area contributed by atoms with Crippen LogP contribution in [0.5, 0.6) is 0 Å². The van der Waals surface area contributed by atoms with Crippen LogP contribution in [0.1, 0.15) is 19.8 Å². The van der Waals surface area contributed by atoms with Gasteiger partial charge in [-0.3, -0.25) is 0 Å². The molecule has 0 aliphatic rings. The van der Waals surface area contributed by atoms with E-state index in [9.17, 15) is 0 Å². The zero-order valence-corrected chi connectivity index (χ0v) is 8.72. The normalized spacial score (nSPS) is 14.0. The molecule has 0 spiro atoms. The molecule has 0 radical (unpaired) electrons. The Labute approximate surface area is 56.1 Å². The molecule has 0 saturated carbocycles. The van der Waals surface area contributed by atoms with Crippen molar-refractivity contribution in [2.24, 2.45) is 0 Å². The van der Waals surface area contributed by atoms with Crippen molar-refractivity contribution in [3.63, 3.8) is 0 Å². The summed E-state index contributed by atoms with van der Waals surface area (Å²) in [6.45, 7) is 2.27. The van der Waals surface area contributed by atoms with E-state index in [0.717, 1.165) is 0 Å². The van der Waals surface area contributed by atoms with Crippen molar-refractivity contribution in [3.8, 4) is 0 Å². The fourth-order valence-electron chi connectivity index (χ4n) is 0.707. The van der Waals surface area contributed by atoms with Gasteiger partial charge >= 0.3 is 55.7 Å². The van der Waals surface area contributed by atoms with Gasteiger partial charge in [-0.15, -0.1) is 0 Å². The summed E-state index contributed by atoms with van der Waals surface area (Å²) in [6.07, 6.45) is 2.84. The minimum absolute atomic E-state index is 1.11. The first kappa shape index (κ1) is 8.56. The Kier molecular flexibility index (Phi) is 3.81. The van der Waals surface area contributed by atoms with Crippen LogP contribution in [0, 0.1) is 0 Å². The number of unbranched alkanes of at least 4 members (excludes halogenated alkanes) is 1. The van der Waals surface area contributed by atoms with Crippen LogP contribution in [0.15, 0.2) is 0 Å². The van der Waals surface area contributed by atoms with Crippen LogP contribution in [-0.4, -0.2) is 13.6 Å². The third-order valence-electron chi connectivity index (χ3n) is 1.28. The van der Waals surface area contributed by atoms with E-state index in [0.29, 0.717) is 0 Å². The molecule has 0 unspecified atom stereocenters. The van der Waals surface area contributed by atoms with Crippen molar-refractivity contribution in [1.82, 2.24) is 0 Å². The summed E-state index contributed by atoms with van der Waals surface area (Å²) >= 11 is -1.11. The summed E-state index contributed by atoms with van der Waals surface area (Å²) < 4.78 is 0. The molecule has 0 fully saturated rings. The summed E-state index contributed by atoms with van der Waals surface area (Å²) in [4.78, 5) is 0. The standard InChI is InChI=1S/C7H19As/c1-5-6-7-8(2,3)4/h8H,5-7H2,1-4H3. The molecule has 0 amide bonds. The van der Waals surface area contributed by atoms with Crippen LogP contribution < -0.4 is 0 Å². The first-order valence-electron chi connectivity index (χ1n) is 3.56. The Morgan fingerprint density at radius 1 is 1.12 bits per heavy atom. The zero-order chi connectivity index (χ0) is 6.62. The van der Waals surface area contributed by atoms with Gasteiger partial charge < -0.3 is 0 Å². The molecule has 0 aromatic rings. The van der Waals surface area contributed by atoms with Gasteiger partial charge in [0.05, 0.1) is 0 Å². The monoisotopic (exact) mass is 178 g/mol. The van der Waals surface area contributed by atoms with Crippen LogP contribution in [-0.2, 0) is 0 Å². The Hall–Kier alpha value is 0.558. The SMILES string of the molecule is CCCC[AsH](C)(C)C. The Balaban J connectivity index is 3.11. The quantitative estimate of drug-likeness (QED) is 0.583. The van der Waals surface area contributed by atoms with Crippen LogP contribution in [0.4, 0.5) is 0 Å². The van der Waals surface area contributed by atoms with E-state index in [4.69, 9.17) is 0 Å². The second-order valence-electron chi connectivity index (χ2n) is 3.66. The van der Waals surface area contributed by atoms with E-state index in [-0.39, 0.29) is 0 Å². The van der Waals surface area contributed by atoms with Gasteiger partial charge in [0.15, 0.2) is 0 Å². The van der Waals surface area contributed by atoms with Gasteiger partial charge in [0.1, 0.15) is 0 Å². The topological polar surface area (TPSA) is 0 Å². The molecule has 0 aliphatic heterocycles. The summed E-state index contributed by atoms with van der Waals surface area (Å²) in [7, 11) is 0. The van der Waals surface area contributed by atoms with E-state index < -0.39 is 13.6 Å². The summed E-state index contributed by atoms with van der Waals surface area (Å²) in [5.74, 6) is 0. The van der Waals surface area contributed by atoms with Crippen LogP contribution in [0.2, 0.25) is 22.3 Å². The van der Waals surface area contributed by atoms with Gasteiger partial charge in [-0.2, -0.15) is 0 Å². The average Bonchev–Trinajstić information content (AvgIpc) is 1.59. The predicted octanol–water partition coefficient (Wildman–Crippen LogP) is 2.86. The fourth-order valence-corrected chi connectivity index (χ4v) is 3.67. The Bertz CT molecular complexity index is 51.9. The molecule has 0 aliphatic carbocycles. The maximum absolute atomic E-state index is 2.48. The van der Waals surface area contributed by atoms with Crippen molar-refractivity contribution in [1.29, 1.82) is 0 Å². The third kappa shape index (κ3) is 6.56.